The summed E-state index contributed by atoms with van der Waals surface area (Å²) in [6, 6.07) is 8.52. The highest BCUT2D eigenvalue weighted by Crippen LogP contribution is 2.31. The van der Waals surface area contributed by atoms with Crippen LogP contribution in [0.25, 0.3) is 0 Å². The van der Waals surface area contributed by atoms with Crippen molar-refractivity contribution in [3.63, 3.8) is 0 Å². The standard InChI is InChI=1S/C19H18F2N2O5S/c1-12-2-5-15(7-16(12)20)29(26,27)23-9-18(19(25,10-23)11-24)28-14-4-3-13(8-22)17(21)6-14/h2-7,18,24-25H,9-11H2,1H3/t18-,19+/m0/s1. The molecule has 154 valence electrons. The average molecular weight is 424 g/mol. The van der Waals surface area contributed by atoms with E-state index in [-0.39, 0.29) is 28.3 Å². The van der Waals surface area contributed by atoms with E-state index < -0.39 is 46.5 Å². The second kappa shape index (κ2) is 7.68. The Morgan fingerprint density at radius 2 is 2.00 bits per heavy atom. The van der Waals surface area contributed by atoms with E-state index in [4.69, 9.17) is 10.00 Å². The third-order valence-electron chi connectivity index (χ3n) is 4.81. The number of aliphatic hydroxyl groups excluding tert-OH is 1. The molecule has 0 bridgehead atoms. The first-order valence-corrected chi connectivity index (χ1v) is 10.0. The van der Waals surface area contributed by atoms with Crippen LogP contribution in [0.2, 0.25) is 0 Å². The van der Waals surface area contributed by atoms with Crippen molar-refractivity contribution in [1.82, 2.24) is 4.31 Å². The van der Waals surface area contributed by atoms with Crippen LogP contribution in [0.1, 0.15) is 11.1 Å². The quantitative estimate of drug-likeness (QED) is 0.749. The van der Waals surface area contributed by atoms with Crippen LogP contribution >= 0.6 is 0 Å². The normalized spacial score (nSPS) is 22.4. The Morgan fingerprint density at radius 3 is 2.59 bits per heavy atom. The van der Waals surface area contributed by atoms with Crippen LogP contribution in [-0.4, -0.2) is 54.3 Å². The molecule has 0 spiro atoms. The van der Waals surface area contributed by atoms with Gasteiger partial charge in [-0.3, -0.25) is 0 Å². The number of β-amino-alcohol motifs (C(OH)–C–C–N with tert-alkyl or cyclic N) is 1. The van der Waals surface area contributed by atoms with E-state index in [1.807, 2.05) is 0 Å². The zero-order valence-corrected chi connectivity index (χ0v) is 16.2. The lowest BCUT2D eigenvalue weighted by Crippen LogP contribution is -2.48. The van der Waals surface area contributed by atoms with Crippen LogP contribution in [0.4, 0.5) is 8.78 Å². The van der Waals surface area contributed by atoms with Gasteiger partial charge in [0.25, 0.3) is 0 Å². The van der Waals surface area contributed by atoms with Gasteiger partial charge in [0.1, 0.15) is 35.2 Å². The van der Waals surface area contributed by atoms with Gasteiger partial charge in [0.2, 0.25) is 10.0 Å². The number of ether oxygens (including phenoxy) is 1. The van der Waals surface area contributed by atoms with Crippen molar-refractivity contribution in [1.29, 1.82) is 5.26 Å². The van der Waals surface area contributed by atoms with Crippen molar-refractivity contribution >= 4 is 10.0 Å². The lowest BCUT2D eigenvalue weighted by atomic mass is 10.0. The van der Waals surface area contributed by atoms with Crippen LogP contribution < -0.4 is 4.74 Å². The van der Waals surface area contributed by atoms with Crippen molar-refractivity contribution in [3.8, 4) is 11.8 Å². The Balaban J connectivity index is 1.88. The molecule has 0 unspecified atom stereocenters. The van der Waals surface area contributed by atoms with Gasteiger partial charge >= 0.3 is 0 Å². The largest absolute Gasteiger partial charge is 0.486 e. The van der Waals surface area contributed by atoms with Gasteiger partial charge in [0, 0.05) is 12.6 Å². The molecule has 0 radical (unpaired) electrons. The van der Waals surface area contributed by atoms with Gasteiger partial charge in [-0.15, -0.1) is 0 Å². The Morgan fingerprint density at radius 1 is 1.28 bits per heavy atom. The average Bonchev–Trinajstić information content (AvgIpc) is 3.02. The maximum absolute atomic E-state index is 13.8. The molecule has 1 heterocycles. The Bertz CT molecular complexity index is 1090. The van der Waals surface area contributed by atoms with Gasteiger partial charge in [-0.1, -0.05) is 6.07 Å². The van der Waals surface area contributed by atoms with Crippen LogP contribution in [0, 0.1) is 29.9 Å². The van der Waals surface area contributed by atoms with Crippen LogP contribution in [0.3, 0.4) is 0 Å². The maximum Gasteiger partial charge on any atom is 0.243 e. The third kappa shape index (κ3) is 3.95. The number of aryl methyl sites for hydroxylation is 1. The van der Waals surface area contributed by atoms with E-state index in [1.54, 1.807) is 6.07 Å². The summed E-state index contributed by atoms with van der Waals surface area (Å²) in [4.78, 5) is -0.300. The van der Waals surface area contributed by atoms with Crippen molar-refractivity contribution in [2.45, 2.75) is 23.5 Å². The lowest BCUT2D eigenvalue weighted by Gasteiger charge is -2.27. The molecule has 0 saturated carbocycles. The smallest absolute Gasteiger partial charge is 0.243 e. The van der Waals surface area contributed by atoms with Crippen LogP contribution in [0.5, 0.6) is 5.75 Å². The minimum absolute atomic E-state index is 0.0426. The molecule has 7 nitrogen and oxygen atoms in total. The summed E-state index contributed by atoms with van der Waals surface area (Å²) < 4.78 is 59.7. The maximum atomic E-state index is 13.8. The van der Waals surface area contributed by atoms with Gasteiger partial charge in [0.05, 0.1) is 23.6 Å². The van der Waals surface area contributed by atoms with Gasteiger partial charge < -0.3 is 14.9 Å². The number of benzene rings is 2. The first-order valence-electron chi connectivity index (χ1n) is 8.56. The number of halogens is 2. The van der Waals surface area contributed by atoms with E-state index in [1.165, 1.54) is 31.2 Å². The van der Waals surface area contributed by atoms with Gasteiger partial charge in [-0.25, -0.2) is 17.2 Å². The van der Waals surface area contributed by atoms with Crippen molar-refractivity contribution in [2.75, 3.05) is 19.7 Å². The highest BCUT2D eigenvalue weighted by molar-refractivity contribution is 7.89. The minimum atomic E-state index is -4.18. The molecular weight excluding hydrogens is 406 g/mol. The Kier molecular flexibility index (Phi) is 5.60. The van der Waals surface area contributed by atoms with Crippen LogP contribution in [-0.2, 0) is 10.0 Å². The van der Waals surface area contributed by atoms with Gasteiger partial charge in [-0.2, -0.15) is 9.57 Å². The van der Waals surface area contributed by atoms with Crippen molar-refractivity contribution in [3.05, 3.63) is 59.2 Å². The fourth-order valence-electron chi connectivity index (χ4n) is 3.02. The summed E-state index contributed by atoms with van der Waals surface area (Å²) >= 11 is 0. The SMILES string of the molecule is Cc1ccc(S(=O)(=O)N2C[C@H](Oc3ccc(C#N)c(F)c3)[C@](O)(CO)C2)cc1F. The summed E-state index contributed by atoms with van der Waals surface area (Å²) in [6.45, 7) is -0.168. The highest BCUT2D eigenvalue weighted by atomic mass is 32.2. The number of nitriles is 1. The second-order valence-electron chi connectivity index (χ2n) is 6.83. The first-order chi connectivity index (χ1) is 13.6. The van der Waals surface area contributed by atoms with E-state index in [9.17, 15) is 27.4 Å². The molecule has 1 aliphatic heterocycles. The molecule has 2 aromatic rings. The number of sulfonamides is 1. The molecule has 1 fully saturated rings. The molecular formula is C19H18F2N2O5S. The second-order valence-corrected chi connectivity index (χ2v) is 8.77. The monoisotopic (exact) mass is 424 g/mol. The third-order valence-corrected chi connectivity index (χ3v) is 6.62. The van der Waals surface area contributed by atoms with Gasteiger partial charge in [0.15, 0.2) is 0 Å². The summed E-state index contributed by atoms with van der Waals surface area (Å²) in [6.07, 6.45) is -1.22. The Labute approximate surface area is 166 Å². The van der Waals surface area contributed by atoms with E-state index in [0.29, 0.717) is 0 Å². The van der Waals surface area contributed by atoms with Crippen LogP contribution in [0.15, 0.2) is 41.3 Å². The number of nitrogens with zero attached hydrogens (tertiary/aromatic N) is 2. The zero-order valence-electron chi connectivity index (χ0n) is 15.3. The molecule has 10 heteroatoms. The van der Waals surface area contributed by atoms with E-state index in [2.05, 4.69) is 0 Å². The van der Waals surface area contributed by atoms with E-state index in [0.717, 1.165) is 16.4 Å². The molecule has 2 atom stereocenters. The van der Waals surface area contributed by atoms with Crippen molar-refractivity contribution < 1.29 is 32.1 Å². The number of hydrogen-bond donors (Lipinski definition) is 2. The molecule has 2 N–H and O–H groups in total. The lowest BCUT2D eigenvalue weighted by molar-refractivity contribution is -0.0641. The molecule has 0 aliphatic carbocycles. The summed E-state index contributed by atoms with van der Waals surface area (Å²) in [5, 5.41) is 29.1. The fourth-order valence-corrected chi connectivity index (χ4v) is 4.53. The number of hydrogen-bond acceptors (Lipinski definition) is 6. The molecule has 1 saturated heterocycles. The summed E-state index contributed by atoms with van der Waals surface area (Å²) in [7, 11) is -4.18. The Hall–Kier alpha value is -2.58. The predicted octanol–water partition coefficient (Wildman–Crippen LogP) is 1.32. The van der Waals surface area contributed by atoms with E-state index >= 15 is 0 Å². The molecule has 1 aliphatic rings. The van der Waals surface area contributed by atoms with Crippen molar-refractivity contribution in [2.24, 2.45) is 0 Å². The minimum Gasteiger partial charge on any atom is -0.486 e. The topological polar surface area (TPSA) is 111 Å². The predicted molar refractivity (Wildman–Crippen MR) is 97.5 cm³/mol. The molecule has 3 rings (SSSR count). The highest BCUT2D eigenvalue weighted by Gasteiger charge is 2.50. The van der Waals surface area contributed by atoms with Gasteiger partial charge in [-0.05, 0) is 36.8 Å². The fraction of sp³-hybridized carbons (Fsp3) is 0.316. The molecule has 29 heavy (non-hydrogen) atoms. The molecule has 0 aromatic heterocycles. The summed E-state index contributed by atoms with van der Waals surface area (Å²) in [5.74, 6) is -1.57. The zero-order chi connectivity index (χ0) is 21.4. The number of rotatable bonds is 5. The summed E-state index contributed by atoms with van der Waals surface area (Å²) in [5.41, 5.74) is -1.88. The molecule has 2 aromatic carbocycles. The molecule has 0 amide bonds. The first kappa shape index (κ1) is 21.1. The number of aliphatic hydroxyl groups is 2.